The van der Waals surface area contributed by atoms with Crippen LogP contribution in [-0.4, -0.2) is 18.0 Å². The molecule has 2 aliphatic rings. The maximum Gasteiger partial charge on any atom is 0.254 e. The molecule has 2 fully saturated rings. The van der Waals surface area contributed by atoms with Crippen LogP contribution in [-0.2, 0) is 0 Å². The van der Waals surface area contributed by atoms with Gasteiger partial charge in [-0.2, -0.15) is 0 Å². The Morgan fingerprint density at radius 2 is 2.00 bits per heavy atom. The van der Waals surface area contributed by atoms with Crippen LogP contribution in [0.4, 0.5) is 0 Å². The van der Waals surface area contributed by atoms with Crippen LogP contribution in [0.1, 0.15) is 42.5 Å². The third kappa shape index (κ3) is 2.95. The maximum atomic E-state index is 12.1. The molecule has 1 aromatic heterocycles. The summed E-state index contributed by atoms with van der Waals surface area (Å²) in [5.41, 5.74) is 6.70. The summed E-state index contributed by atoms with van der Waals surface area (Å²) in [6.07, 6.45) is 8.80. The van der Waals surface area contributed by atoms with Gasteiger partial charge in [-0.05, 0) is 43.6 Å². The molecule has 0 saturated heterocycles. The Bertz CT molecular complexity index is 407. The molecule has 0 aromatic carbocycles. The minimum absolute atomic E-state index is 0. The highest BCUT2D eigenvalue weighted by atomic mass is 35.5. The molecule has 1 aromatic rings. The molecule has 3 N–H and O–H groups in total. The van der Waals surface area contributed by atoms with Gasteiger partial charge in [-0.1, -0.05) is 6.42 Å². The maximum absolute atomic E-state index is 12.1. The molecule has 3 rings (SSSR count). The number of furan rings is 1. The van der Waals surface area contributed by atoms with Crippen molar-refractivity contribution in [3.63, 3.8) is 0 Å². The van der Waals surface area contributed by atoms with E-state index in [1.54, 1.807) is 6.07 Å². The zero-order valence-corrected chi connectivity index (χ0v) is 11.7. The molecule has 1 heterocycles. The third-order valence-electron chi connectivity index (χ3n) is 4.46. The molecule has 2 saturated carbocycles. The van der Waals surface area contributed by atoms with Crippen molar-refractivity contribution in [2.75, 3.05) is 0 Å². The average Bonchev–Trinajstić information content (AvgIpc) is 2.83. The lowest BCUT2D eigenvalue weighted by atomic mass is 9.67. The Kier molecular flexibility index (Phi) is 4.53. The van der Waals surface area contributed by atoms with E-state index < -0.39 is 0 Å². The molecule has 19 heavy (non-hydrogen) atoms. The lowest BCUT2D eigenvalue weighted by Gasteiger charge is -2.45. The SMILES string of the molecule is Cl.NC1CC2CCCC(C1)C2NC(=O)c1ccoc1. The zero-order valence-electron chi connectivity index (χ0n) is 10.9. The fourth-order valence-corrected chi connectivity index (χ4v) is 3.65. The van der Waals surface area contributed by atoms with E-state index in [0.717, 1.165) is 12.8 Å². The van der Waals surface area contributed by atoms with Crippen molar-refractivity contribution in [3.8, 4) is 0 Å². The number of nitrogens with one attached hydrogen (secondary N) is 1. The molecule has 2 atom stereocenters. The van der Waals surface area contributed by atoms with Crippen LogP contribution in [0, 0.1) is 11.8 Å². The fraction of sp³-hybridized carbons (Fsp3) is 0.643. The summed E-state index contributed by atoms with van der Waals surface area (Å²) in [4.78, 5) is 12.1. The van der Waals surface area contributed by atoms with E-state index in [0.29, 0.717) is 29.5 Å². The van der Waals surface area contributed by atoms with Gasteiger partial charge < -0.3 is 15.5 Å². The Morgan fingerprint density at radius 3 is 2.58 bits per heavy atom. The standard InChI is InChI=1S/C14H20N2O2.ClH/c15-12-6-9-2-1-3-10(7-12)13(9)16-14(17)11-4-5-18-8-11;/h4-5,8-10,12-13H,1-3,6-7,15H2,(H,16,17);1H. The molecule has 106 valence electrons. The summed E-state index contributed by atoms with van der Waals surface area (Å²) in [6.45, 7) is 0. The van der Waals surface area contributed by atoms with E-state index >= 15 is 0 Å². The van der Waals surface area contributed by atoms with E-state index in [1.807, 2.05) is 0 Å². The molecule has 2 unspecified atom stereocenters. The number of amides is 1. The predicted octanol–water partition coefficient (Wildman–Crippen LogP) is 2.34. The zero-order chi connectivity index (χ0) is 12.5. The topological polar surface area (TPSA) is 68.3 Å². The highest BCUT2D eigenvalue weighted by Gasteiger charge is 2.39. The number of carbonyl (C=O) groups is 1. The Labute approximate surface area is 119 Å². The van der Waals surface area contributed by atoms with Gasteiger partial charge in [0.25, 0.3) is 5.91 Å². The molecular weight excluding hydrogens is 264 g/mol. The van der Waals surface area contributed by atoms with Crippen LogP contribution in [0.25, 0.3) is 0 Å². The molecule has 2 bridgehead atoms. The molecular formula is C14H21ClN2O2. The van der Waals surface area contributed by atoms with Crippen molar-refractivity contribution >= 4 is 18.3 Å². The van der Waals surface area contributed by atoms with Gasteiger partial charge >= 0.3 is 0 Å². The average molecular weight is 285 g/mol. The lowest BCUT2D eigenvalue weighted by molar-refractivity contribution is 0.0755. The van der Waals surface area contributed by atoms with Gasteiger partial charge in [-0.25, -0.2) is 0 Å². The van der Waals surface area contributed by atoms with Crippen molar-refractivity contribution in [3.05, 3.63) is 24.2 Å². The van der Waals surface area contributed by atoms with Gasteiger partial charge in [0.05, 0.1) is 11.8 Å². The van der Waals surface area contributed by atoms with Crippen molar-refractivity contribution in [2.45, 2.75) is 44.2 Å². The Hall–Kier alpha value is -1.00. The molecule has 0 radical (unpaired) electrons. The van der Waals surface area contributed by atoms with Crippen LogP contribution in [0.15, 0.2) is 23.0 Å². The van der Waals surface area contributed by atoms with Crippen molar-refractivity contribution < 1.29 is 9.21 Å². The summed E-state index contributed by atoms with van der Waals surface area (Å²) in [6, 6.07) is 2.34. The molecule has 0 spiro atoms. The van der Waals surface area contributed by atoms with E-state index in [4.69, 9.17) is 10.2 Å². The van der Waals surface area contributed by atoms with Crippen LogP contribution in [0.3, 0.4) is 0 Å². The normalized spacial score (nSPS) is 33.3. The first kappa shape index (κ1) is 14.4. The van der Waals surface area contributed by atoms with Gasteiger partial charge in [0.2, 0.25) is 0 Å². The number of hydrogen-bond acceptors (Lipinski definition) is 3. The van der Waals surface area contributed by atoms with E-state index in [-0.39, 0.29) is 18.3 Å². The van der Waals surface area contributed by atoms with E-state index in [1.165, 1.54) is 31.8 Å². The number of hydrogen-bond donors (Lipinski definition) is 2. The lowest BCUT2D eigenvalue weighted by Crippen LogP contribution is -2.53. The summed E-state index contributed by atoms with van der Waals surface area (Å²) in [7, 11) is 0. The van der Waals surface area contributed by atoms with E-state index in [9.17, 15) is 4.79 Å². The van der Waals surface area contributed by atoms with Crippen LogP contribution in [0.5, 0.6) is 0 Å². The Balaban J connectivity index is 0.00000133. The number of carbonyl (C=O) groups excluding carboxylic acids is 1. The molecule has 2 aliphatic carbocycles. The second kappa shape index (κ2) is 5.97. The van der Waals surface area contributed by atoms with E-state index in [2.05, 4.69) is 5.32 Å². The van der Waals surface area contributed by atoms with Gasteiger partial charge in [-0.15, -0.1) is 12.4 Å². The molecule has 4 nitrogen and oxygen atoms in total. The molecule has 1 amide bonds. The summed E-state index contributed by atoms with van der Waals surface area (Å²) in [5.74, 6) is 1.10. The fourth-order valence-electron chi connectivity index (χ4n) is 3.65. The summed E-state index contributed by atoms with van der Waals surface area (Å²) < 4.78 is 4.96. The second-order valence-electron chi connectivity index (χ2n) is 5.69. The quantitative estimate of drug-likeness (QED) is 0.876. The first-order valence-electron chi connectivity index (χ1n) is 6.82. The van der Waals surface area contributed by atoms with Gasteiger partial charge in [0.15, 0.2) is 0 Å². The summed E-state index contributed by atoms with van der Waals surface area (Å²) in [5, 5.41) is 3.19. The largest absolute Gasteiger partial charge is 0.472 e. The number of nitrogens with two attached hydrogens (primary N) is 1. The number of fused-ring (bicyclic) bond motifs is 2. The van der Waals surface area contributed by atoms with Crippen LogP contribution < -0.4 is 11.1 Å². The van der Waals surface area contributed by atoms with Crippen LogP contribution in [0.2, 0.25) is 0 Å². The predicted molar refractivity (Wildman–Crippen MR) is 75.3 cm³/mol. The van der Waals surface area contributed by atoms with Crippen molar-refractivity contribution in [1.82, 2.24) is 5.32 Å². The molecule has 0 aliphatic heterocycles. The third-order valence-corrected chi connectivity index (χ3v) is 4.46. The number of halogens is 1. The smallest absolute Gasteiger partial charge is 0.254 e. The minimum atomic E-state index is -0.0129. The Morgan fingerprint density at radius 1 is 1.32 bits per heavy atom. The van der Waals surface area contributed by atoms with Crippen molar-refractivity contribution in [2.24, 2.45) is 17.6 Å². The highest BCUT2D eigenvalue weighted by Crippen LogP contribution is 2.39. The first-order valence-corrected chi connectivity index (χ1v) is 6.82. The van der Waals surface area contributed by atoms with Gasteiger partial charge in [0.1, 0.15) is 6.26 Å². The second-order valence-corrected chi connectivity index (χ2v) is 5.69. The van der Waals surface area contributed by atoms with Crippen molar-refractivity contribution in [1.29, 1.82) is 0 Å². The number of rotatable bonds is 2. The summed E-state index contributed by atoms with van der Waals surface area (Å²) >= 11 is 0. The monoisotopic (exact) mass is 284 g/mol. The molecule has 5 heteroatoms. The van der Waals surface area contributed by atoms with Gasteiger partial charge in [0, 0.05) is 12.1 Å². The van der Waals surface area contributed by atoms with Gasteiger partial charge in [-0.3, -0.25) is 4.79 Å². The highest BCUT2D eigenvalue weighted by molar-refractivity contribution is 5.94. The minimum Gasteiger partial charge on any atom is -0.472 e. The van der Waals surface area contributed by atoms with Crippen LogP contribution >= 0.6 is 12.4 Å². The first-order chi connectivity index (χ1) is 8.74.